The summed E-state index contributed by atoms with van der Waals surface area (Å²) >= 11 is 6.15. The van der Waals surface area contributed by atoms with E-state index in [1.165, 1.54) is 0 Å². The monoisotopic (exact) mass is 269 g/mol. The molecule has 1 aliphatic rings. The van der Waals surface area contributed by atoms with Gasteiger partial charge in [-0.1, -0.05) is 17.7 Å². The van der Waals surface area contributed by atoms with Crippen molar-refractivity contribution in [2.75, 3.05) is 0 Å². The average Bonchev–Trinajstić information content (AvgIpc) is 2.46. The highest BCUT2D eigenvalue weighted by Gasteiger charge is 2.22. The SMILES string of the molecule is N#Cc1c(Cl)nc2c(c1-c1ccccn1)CCCC2. The standard InChI is InChI=1S/C15H12ClN3/c16-15-11(9-17)14(13-7-3-4-8-18-13)10-5-1-2-6-12(10)19-15/h3-4,7-8H,1-2,5-6H2. The Morgan fingerprint density at radius 3 is 2.79 bits per heavy atom. The summed E-state index contributed by atoms with van der Waals surface area (Å²) in [7, 11) is 0. The second-order valence-corrected chi connectivity index (χ2v) is 4.97. The molecule has 4 heteroatoms. The van der Waals surface area contributed by atoms with Crippen LogP contribution in [0.1, 0.15) is 29.7 Å². The molecule has 19 heavy (non-hydrogen) atoms. The zero-order valence-corrected chi connectivity index (χ0v) is 11.1. The van der Waals surface area contributed by atoms with Gasteiger partial charge in [-0.05, 0) is 43.4 Å². The fourth-order valence-corrected chi connectivity index (χ4v) is 2.84. The van der Waals surface area contributed by atoms with Gasteiger partial charge in [0.05, 0.1) is 11.3 Å². The molecule has 1 aliphatic carbocycles. The van der Waals surface area contributed by atoms with Crippen molar-refractivity contribution in [1.82, 2.24) is 9.97 Å². The van der Waals surface area contributed by atoms with E-state index in [-0.39, 0.29) is 0 Å². The number of nitriles is 1. The van der Waals surface area contributed by atoms with Crippen LogP contribution in [0.3, 0.4) is 0 Å². The number of fused-ring (bicyclic) bond motifs is 1. The molecule has 0 amide bonds. The molecule has 2 aromatic rings. The third-order valence-electron chi connectivity index (χ3n) is 3.46. The van der Waals surface area contributed by atoms with E-state index < -0.39 is 0 Å². The van der Waals surface area contributed by atoms with Gasteiger partial charge in [0.15, 0.2) is 0 Å². The van der Waals surface area contributed by atoms with Gasteiger partial charge in [-0.2, -0.15) is 5.26 Å². The largest absolute Gasteiger partial charge is 0.256 e. The van der Waals surface area contributed by atoms with E-state index in [4.69, 9.17) is 11.6 Å². The molecule has 0 atom stereocenters. The van der Waals surface area contributed by atoms with Crippen LogP contribution in [0.5, 0.6) is 0 Å². The molecule has 0 saturated carbocycles. The lowest BCUT2D eigenvalue weighted by Gasteiger charge is -2.20. The molecule has 0 aliphatic heterocycles. The van der Waals surface area contributed by atoms with Crippen molar-refractivity contribution < 1.29 is 0 Å². The molecule has 0 fully saturated rings. The first kappa shape index (κ1) is 12.1. The van der Waals surface area contributed by atoms with Crippen molar-refractivity contribution in [2.24, 2.45) is 0 Å². The normalized spacial score (nSPS) is 13.7. The number of pyridine rings is 2. The summed E-state index contributed by atoms with van der Waals surface area (Å²) in [4.78, 5) is 8.76. The summed E-state index contributed by atoms with van der Waals surface area (Å²) in [5, 5.41) is 9.66. The maximum Gasteiger partial charge on any atom is 0.147 e. The molecule has 0 unspecified atom stereocenters. The predicted octanol–water partition coefficient (Wildman–Crippen LogP) is 3.55. The Morgan fingerprint density at radius 1 is 1.21 bits per heavy atom. The third-order valence-corrected chi connectivity index (χ3v) is 3.74. The van der Waals surface area contributed by atoms with Crippen molar-refractivity contribution >= 4 is 11.6 Å². The molecule has 94 valence electrons. The first-order valence-electron chi connectivity index (χ1n) is 6.34. The van der Waals surface area contributed by atoms with Gasteiger partial charge >= 0.3 is 0 Å². The summed E-state index contributed by atoms with van der Waals surface area (Å²) < 4.78 is 0. The quantitative estimate of drug-likeness (QED) is 0.744. The topological polar surface area (TPSA) is 49.6 Å². The molecule has 0 radical (unpaired) electrons. The average molecular weight is 270 g/mol. The molecule has 0 N–H and O–H groups in total. The number of halogens is 1. The lowest BCUT2D eigenvalue weighted by molar-refractivity contribution is 0.668. The lowest BCUT2D eigenvalue weighted by Crippen LogP contribution is -2.10. The Kier molecular flexibility index (Phi) is 3.18. The van der Waals surface area contributed by atoms with Gasteiger partial charge < -0.3 is 0 Å². The zero-order chi connectivity index (χ0) is 13.2. The molecule has 2 heterocycles. The van der Waals surface area contributed by atoms with Crippen LogP contribution < -0.4 is 0 Å². The first-order chi connectivity index (χ1) is 9.31. The summed E-state index contributed by atoms with van der Waals surface area (Å²) in [6.45, 7) is 0. The summed E-state index contributed by atoms with van der Waals surface area (Å²) in [5.74, 6) is 0. The molecule has 3 rings (SSSR count). The second-order valence-electron chi connectivity index (χ2n) is 4.61. The Balaban J connectivity index is 2.32. The second kappa shape index (κ2) is 4.99. The number of hydrogen-bond donors (Lipinski definition) is 0. The van der Waals surface area contributed by atoms with E-state index in [0.717, 1.165) is 48.2 Å². The van der Waals surface area contributed by atoms with E-state index in [0.29, 0.717) is 10.7 Å². The fourth-order valence-electron chi connectivity index (χ4n) is 2.61. The molecule has 0 spiro atoms. The molecule has 0 aromatic carbocycles. The smallest absolute Gasteiger partial charge is 0.147 e. The van der Waals surface area contributed by atoms with Gasteiger partial charge in [0.1, 0.15) is 11.2 Å². The summed E-state index contributed by atoms with van der Waals surface area (Å²) in [6.07, 6.45) is 5.87. The van der Waals surface area contributed by atoms with Crippen molar-refractivity contribution in [1.29, 1.82) is 5.26 Å². The number of aryl methyl sites for hydroxylation is 1. The van der Waals surface area contributed by atoms with E-state index in [1.807, 2.05) is 18.2 Å². The van der Waals surface area contributed by atoms with Crippen LogP contribution >= 0.6 is 11.6 Å². The highest BCUT2D eigenvalue weighted by molar-refractivity contribution is 6.31. The minimum Gasteiger partial charge on any atom is -0.256 e. The minimum atomic E-state index is 0.295. The Bertz CT molecular complexity index is 659. The van der Waals surface area contributed by atoms with Gasteiger partial charge in [0.2, 0.25) is 0 Å². The van der Waals surface area contributed by atoms with Crippen LogP contribution in [0.4, 0.5) is 0 Å². The van der Waals surface area contributed by atoms with Crippen LogP contribution in [0, 0.1) is 11.3 Å². The predicted molar refractivity (Wildman–Crippen MR) is 73.8 cm³/mol. The molecule has 0 bridgehead atoms. The van der Waals surface area contributed by atoms with Crippen LogP contribution in [0.2, 0.25) is 5.15 Å². The van der Waals surface area contributed by atoms with Crippen molar-refractivity contribution in [3.05, 3.63) is 46.4 Å². The van der Waals surface area contributed by atoms with Crippen molar-refractivity contribution in [3.63, 3.8) is 0 Å². The van der Waals surface area contributed by atoms with Gasteiger partial charge in [0, 0.05) is 17.5 Å². The molecular formula is C15H12ClN3. The van der Waals surface area contributed by atoms with Crippen LogP contribution in [0.15, 0.2) is 24.4 Å². The highest BCUT2D eigenvalue weighted by Crippen LogP contribution is 2.35. The van der Waals surface area contributed by atoms with Gasteiger partial charge in [-0.15, -0.1) is 0 Å². The Hall–Kier alpha value is -1.92. The van der Waals surface area contributed by atoms with E-state index >= 15 is 0 Å². The van der Waals surface area contributed by atoms with Gasteiger partial charge in [-0.3, -0.25) is 4.98 Å². The van der Waals surface area contributed by atoms with Crippen LogP contribution in [-0.4, -0.2) is 9.97 Å². The van der Waals surface area contributed by atoms with Gasteiger partial charge in [0.25, 0.3) is 0 Å². The maximum atomic E-state index is 9.36. The molecule has 0 saturated heterocycles. The number of hydrogen-bond acceptors (Lipinski definition) is 3. The zero-order valence-electron chi connectivity index (χ0n) is 10.4. The molecule has 3 nitrogen and oxygen atoms in total. The van der Waals surface area contributed by atoms with E-state index in [2.05, 4.69) is 16.0 Å². The number of nitrogens with zero attached hydrogens (tertiary/aromatic N) is 3. The first-order valence-corrected chi connectivity index (χ1v) is 6.72. The van der Waals surface area contributed by atoms with E-state index in [1.54, 1.807) is 6.20 Å². The Labute approximate surface area is 116 Å². The third kappa shape index (κ3) is 2.09. The van der Waals surface area contributed by atoms with Crippen molar-refractivity contribution in [2.45, 2.75) is 25.7 Å². The highest BCUT2D eigenvalue weighted by atomic mass is 35.5. The fraction of sp³-hybridized carbons (Fsp3) is 0.267. The van der Waals surface area contributed by atoms with Crippen molar-refractivity contribution in [3.8, 4) is 17.3 Å². The summed E-state index contributed by atoms with van der Waals surface area (Å²) in [6, 6.07) is 7.89. The minimum absolute atomic E-state index is 0.295. The van der Waals surface area contributed by atoms with Gasteiger partial charge in [-0.25, -0.2) is 4.98 Å². The summed E-state index contributed by atoms with van der Waals surface area (Å²) in [5.41, 5.74) is 4.29. The lowest BCUT2D eigenvalue weighted by atomic mass is 9.89. The number of rotatable bonds is 1. The molecular weight excluding hydrogens is 258 g/mol. The maximum absolute atomic E-state index is 9.36. The number of aromatic nitrogens is 2. The Morgan fingerprint density at radius 2 is 2.05 bits per heavy atom. The molecule has 2 aromatic heterocycles. The van der Waals surface area contributed by atoms with Crippen LogP contribution in [0.25, 0.3) is 11.3 Å². The van der Waals surface area contributed by atoms with Crippen LogP contribution in [-0.2, 0) is 12.8 Å². The van der Waals surface area contributed by atoms with E-state index in [9.17, 15) is 5.26 Å².